The second kappa shape index (κ2) is 8.68. The Morgan fingerprint density at radius 1 is 1.00 bits per heavy atom. The number of likely N-dealkylation sites (N-methyl/N-ethyl adjacent to an activating group) is 1. The molecule has 9 heteroatoms. The predicted molar refractivity (Wildman–Crippen MR) is 58.6 cm³/mol. The monoisotopic (exact) mass is 293 g/mol. The number of carboxylic acids is 3. The van der Waals surface area contributed by atoms with E-state index in [1.807, 2.05) is 0 Å². The fourth-order valence-electron chi connectivity index (χ4n) is 1.49. The first kappa shape index (κ1) is 17.6. The van der Waals surface area contributed by atoms with Gasteiger partial charge in [-0.1, -0.05) is 0 Å². The summed E-state index contributed by atoms with van der Waals surface area (Å²) in [4.78, 5) is 33.8. The molecule has 0 heterocycles. The Balaban J connectivity index is 4.61. The Morgan fingerprint density at radius 3 is 1.74 bits per heavy atom. The molecule has 1 atom stereocenters. The van der Waals surface area contributed by atoms with Crippen molar-refractivity contribution < 1.29 is 29.7 Å². The first-order valence-corrected chi connectivity index (χ1v) is 5.87. The van der Waals surface area contributed by atoms with E-state index in [1.165, 1.54) is 11.9 Å². The largest absolute Gasteiger partial charge is 0.549 e. The molecule has 0 amide bonds. The summed E-state index contributed by atoms with van der Waals surface area (Å²) in [6, 6.07) is -0.543. The summed E-state index contributed by atoms with van der Waals surface area (Å²) >= 11 is 5.66. The molecule has 8 nitrogen and oxygen atoms in total. The third-order valence-corrected chi connectivity index (χ3v) is 2.71. The second-order valence-electron chi connectivity index (χ2n) is 4.01. The first-order chi connectivity index (χ1) is 8.76. The molecule has 0 radical (unpaired) electrons. The normalized spacial score (nSPS) is 12.6. The molecule has 19 heavy (non-hydrogen) atoms. The molecule has 0 rings (SSSR count). The van der Waals surface area contributed by atoms with Gasteiger partial charge in [-0.2, -0.15) is 0 Å². The van der Waals surface area contributed by atoms with E-state index in [1.54, 1.807) is 0 Å². The smallest absolute Gasteiger partial charge is 0.0555 e. The Kier molecular flexibility index (Phi) is 8.05. The molecule has 0 saturated carbocycles. The molecule has 0 spiro atoms. The van der Waals surface area contributed by atoms with Gasteiger partial charge in [0.2, 0.25) is 0 Å². The predicted octanol–water partition coefficient (Wildman–Crippen LogP) is -4.92. The molecule has 0 aromatic heterocycles. The Hall–Kier alpha value is -1.38. The number of rotatable bonds is 10. The molecule has 0 aromatic rings. The van der Waals surface area contributed by atoms with Gasteiger partial charge in [0.05, 0.1) is 17.9 Å². The van der Waals surface area contributed by atoms with E-state index in [0.29, 0.717) is 0 Å². The van der Waals surface area contributed by atoms with Gasteiger partial charge >= 0.3 is 0 Å². The van der Waals surface area contributed by atoms with E-state index in [0.717, 1.165) is 4.90 Å². The molecule has 0 aliphatic rings. The number of alkyl halides is 1. The zero-order valence-electron chi connectivity index (χ0n) is 10.3. The maximum Gasteiger partial charge on any atom is 0.0555 e. The van der Waals surface area contributed by atoms with Crippen LogP contribution in [0.4, 0.5) is 0 Å². The van der Waals surface area contributed by atoms with Gasteiger partial charge in [-0.3, -0.25) is 9.80 Å². The maximum atomic E-state index is 10.5. The third kappa shape index (κ3) is 8.36. The van der Waals surface area contributed by atoms with Crippen LogP contribution < -0.4 is 15.3 Å². The van der Waals surface area contributed by atoms with Crippen LogP contribution in [0.1, 0.15) is 0 Å². The van der Waals surface area contributed by atoms with Crippen LogP contribution in [0.25, 0.3) is 0 Å². The minimum atomic E-state index is -1.45. The summed E-state index contributed by atoms with van der Waals surface area (Å²) in [6.45, 7) is -1.67. The summed E-state index contributed by atoms with van der Waals surface area (Å²) in [5, 5.41) is 31.4. The van der Waals surface area contributed by atoms with Gasteiger partial charge in [0.15, 0.2) is 0 Å². The molecule has 0 aliphatic carbocycles. The number of aliphatic carboxylic acids is 3. The lowest BCUT2D eigenvalue weighted by Crippen LogP contribution is -2.52. The molecule has 0 bridgehead atoms. The number of carboxylic acid groups (broad SMARTS) is 3. The van der Waals surface area contributed by atoms with Crippen molar-refractivity contribution in [1.29, 1.82) is 0 Å². The summed E-state index contributed by atoms with van der Waals surface area (Å²) < 4.78 is 0. The van der Waals surface area contributed by atoms with Crippen molar-refractivity contribution in [3.63, 3.8) is 0 Å². The molecular formula is C10H14ClN2O6-3. The maximum absolute atomic E-state index is 10.5. The van der Waals surface area contributed by atoms with Crippen molar-refractivity contribution in [3.8, 4) is 0 Å². The fraction of sp³-hybridized carbons (Fsp3) is 0.700. The molecular weight excluding hydrogens is 280 g/mol. The molecule has 0 aliphatic heterocycles. The number of hydrogen-bond acceptors (Lipinski definition) is 8. The van der Waals surface area contributed by atoms with Gasteiger partial charge in [0, 0.05) is 38.1 Å². The van der Waals surface area contributed by atoms with Gasteiger partial charge in [-0.05, 0) is 7.05 Å². The van der Waals surface area contributed by atoms with E-state index >= 15 is 0 Å². The van der Waals surface area contributed by atoms with Gasteiger partial charge in [-0.15, -0.1) is 11.6 Å². The molecule has 1 unspecified atom stereocenters. The van der Waals surface area contributed by atoms with E-state index < -0.39 is 43.6 Å². The standard InChI is InChI=1S/C10H17ClN2O6/c1-12(4-8(14)15)7(2-11)3-13(5-9(16)17)6-10(18)19/h7H,2-6H2,1H3,(H,14,15)(H,16,17)(H,18,19)/p-3. The van der Waals surface area contributed by atoms with Crippen LogP contribution in [0.2, 0.25) is 0 Å². The third-order valence-electron chi connectivity index (χ3n) is 2.35. The average Bonchev–Trinajstić information content (AvgIpc) is 2.22. The number of halogens is 1. The van der Waals surface area contributed by atoms with E-state index in [4.69, 9.17) is 11.6 Å². The highest BCUT2D eigenvalue weighted by molar-refractivity contribution is 6.18. The van der Waals surface area contributed by atoms with Crippen LogP contribution in [0, 0.1) is 0 Å². The van der Waals surface area contributed by atoms with Crippen LogP contribution in [-0.2, 0) is 14.4 Å². The van der Waals surface area contributed by atoms with Crippen molar-refractivity contribution >= 4 is 29.5 Å². The fourth-order valence-corrected chi connectivity index (χ4v) is 1.82. The van der Waals surface area contributed by atoms with Crippen molar-refractivity contribution in [3.05, 3.63) is 0 Å². The highest BCUT2D eigenvalue weighted by atomic mass is 35.5. The summed E-state index contributed by atoms with van der Waals surface area (Å²) in [5.74, 6) is -4.21. The lowest BCUT2D eigenvalue weighted by molar-refractivity contribution is -0.311. The first-order valence-electron chi connectivity index (χ1n) is 5.34. The average molecular weight is 294 g/mol. The van der Waals surface area contributed by atoms with Crippen LogP contribution in [-0.4, -0.2) is 72.9 Å². The minimum absolute atomic E-state index is 0.000372. The molecule has 0 fully saturated rings. The van der Waals surface area contributed by atoms with E-state index in [2.05, 4.69) is 0 Å². The summed E-state index contributed by atoms with van der Waals surface area (Å²) in [5.41, 5.74) is 0. The number of hydrogen-bond donors (Lipinski definition) is 0. The lowest BCUT2D eigenvalue weighted by atomic mass is 10.2. The molecule has 0 saturated heterocycles. The van der Waals surface area contributed by atoms with Gasteiger partial charge in [0.25, 0.3) is 0 Å². The SMILES string of the molecule is CN(CC(=O)[O-])C(CCl)CN(CC(=O)[O-])CC(=O)[O-]. The van der Waals surface area contributed by atoms with Crippen molar-refractivity contribution in [2.75, 3.05) is 39.1 Å². The van der Waals surface area contributed by atoms with E-state index in [-0.39, 0.29) is 12.4 Å². The minimum Gasteiger partial charge on any atom is -0.549 e. The van der Waals surface area contributed by atoms with Crippen LogP contribution in [0.15, 0.2) is 0 Å². The van der Waals surface area contributed by atoms with Gasteiger partial charge in [0.1, 0.15) is 0 Å². The zero-order chi connectivity index (χ0) is 15.0. The number of carbonyl (C=O) groups is 3. The molecule has 0 aromatic carbocycles. The second-order valence-corrected chi connectivity index (χ2v) is 4.32. The Morgan fingerprint density at radius 2 is 1.42 bits per heavy atom. The van der Waals surface area contributed by atoms with Crippen molar-refractivity contribution in [2.24, 2.45) is 0 Å². The van der Waals surface area contributed by atoms with Crippen LogP contribution >= 0.6 is 11.6 Å². The van der Waals surface area contributed by atoms with Crippen molar-refractivity contribution in [2.45, 2.75) is 6.04 Å². The molecule has 0 N–H and O–H groups in total. The van der Waals surface area contributed by atoms with Crippen LogP contribution in [0.3, 0.4) is 0 Å². The quantitative estimate of drug-likeness (QED) is 0.367. The number of nitrogens with zero attached hydrogens (tertiary/aromatic N) is 2. The number of carbonyl (C=O) groups excluding carboxylic acids is 3. The van der Waals surface area contributed by atoms with E-state index in [9.17, 15) is 29.7 Å². The Labute approximate surface area is 115 Å². The van der Waals surface area contributed by atoms with Gasteiger partial charge in [-0.25, -0.2) is 0 Å². The summed E-state index contributed by atoms with van der Waals surface area (Å²) in [6.07, 6.45) is 0. The molecule has 110 valence electrons. The lowest BCUT2D eigenvalue weighted by Gasteiger charge is -2.32. The zero-order valence-corrected chi connectivity index (χ0v) is 11.1. The van der Waals surface area contributed by atoms with Gasteiger partial charge < -0.3 is 29.7 Å². The van der Waals surface area contributed by atoms with Crippen molar-refractivity contribution in [1.82, 2.24) is 9.80 Å². The summed E-state index contributed by atoms with van der Waals surface area (Å²) in [7, 11) is 1.46. The van der Waals surface area contributed by atoms with Crippen LogP contribution in [0.5, 0.6) is 0 Å². The highest BCUT2D eigenvalue weighted by Gasteiger charge is 2.18. The Bertz CT molecular complexity index is 322. The highest BCUT2D eigenvalue weighted by Crippen LogP contribution is 2.02. The topological polar surface area (TPSA) is 127 Å².